The Morgan fingerprint density at radius 2 is 1.38 bits per heavy atom. The summed E-state index contributed by atoms with van der Waals surface area (Å²) in [5.74, 6) is 0.810. The van der Waals surface area contributed by atoms with Crippen LogP contribution in [0, 0.1) is 0 Å². The first-order valence-electron chi connectivity index (χ1n) is 10.9. The minimum Gasteiger partial charge on any atom is -0.355 e. The van der Waals surface area contributed by atoms with Gasteiger partial charge in [-0.25, -0.2) is 0 Å². The Morgan fingerprint density at radius 3 is 1.84 bits per heavy atom. The second-order valence-corrected chi connectivity index (χ2v) is 8.18. The van der Waals surface area contributed by atoms with Crippen molar-refractivity contribution in [2.45, 2.75) is 46.1 Å². The van der Waals surface area contributed by atoms with Gasteiger partial charge in [-0.3, -0.25) is 14.6 Å². The molecule has 3 rings (SSSR count). The van der Waals surface area contributed by atoms with E-state index in [0.717, 1.165) is 11.1 Å². The molecule has 0 saturated heterocycles. The molecule has 0 atom stereocenters. The molecule has 0 saturated carbocycles. The number of hydrogen-bond donors (Lipinski definition) is 2. The molecule has 0 aliphatic heterocycles. The number of benzene rings is 2. The topological polar surface area (TPSA) is 71.1 Å². The van der Waals surface area contributed by atoms with E-state index in [1.54, 1.807) is 19.4 Å². The maximum atomic E-state index is 12.1. The summed E-state index contributed by atoms with van der Waals surface area (Å²) < 4.78 is 0. The lowest BCUT2D eigenvalue weighted by Crippen LogP contribution is -2.22. The van der Waals surface area contributed by atoms with Crippen molar-refractivity contribution in [2.24, 2.45) is 0 Å². The number of carbonyl (C=O) groups is 2. The van der Waals surface area contributed by atoms with E-state index in [0.29, 0.717) is 23.9 Å². The Hall–Kier alpha value is -3.47. The Kier molecular flexibility index (Phi) is 9.61. The van der Waals surface area contributed by atoms with E-state index in [1.807, 2.05) is 60.7 Å². The van der Waals surface area contributed by atoms with Crippen molar-refractivity contribution in [3.63, 3.8) is 0 Å². The van der Waals surface area contributed by atoms with Crippen molar-refractivity contribution in [2.75, 3.05) is 7.05 Å². The fraction of sp³-hybridized carbons (Fsp3) is 0.296. The average Bonchev–Trinajstić information content (AvgIpc) is 2.83. The molecule has 5 nitrogen and oxygen atoms in total. The third-order valence-corrected chi connectivity index (χ3v) is 5.03. The van der Waals surface area contributed by atoms with Crippen LogP contribution in [-0.2, 0) is 6.54 Å². The maximum absolute atomic E-state index is 12.1. The Morgan fingerprint density at radius 1 is 0.812 bits per heavy atom. The Balaban J connectivity index is 0.000000244. The molecule has 1 aromatic heterocycles. The summed E-state index contributed by atoms with van der Waals surface area (Å²) in [5, 5.41) is 5.51. The third-order valence-electron chi connectivity index (χ3n) is 5.03. The molecule has 0 fully saturated rings. The Bertz CT molecular complexity index is 1010. The maximum Gasteiger partial charge on any atom is 0.251 e. The van der Waals surface area contributed by atoms with Crippen molar-refractivity contribution < 1.29 is 9.59 Å². The highest BCUT2D eigenvalue weighted by Crippen LogP contribution is 2.16. The van der Waals surface area contributed by atoms with Crippen LogP contribution in [0.1, 0.15) is 76.9 Å². The van der Waals surface area contributed by atoms with Crippen LogP contribution in [0.3, 0.4) is 0 Å². The van der Waals surface area contributed by atoms with Gasteiger partial charge in [-0.2, -0.15) is 0 Å². The molecular formula is C27H33N3O2. The molecule has 168 valence electrons. The predicted molar refractivity (Wildman–Crippen MR) is 130 cm³/mol. The monoisotopic (exact) mass is 431 g/mol. The van der Waals surface area contributed by atoms with E-state index < -0.39 is 0 Å². The molecular weight excluding hydrogens is 398 g/mol. The van der Waals surface area contributed by atoms with Gasteiger partial charge < -0.3 is 10.6 Å². The van der Waals surface area contributed by atoms with Gasteiger partial charge in [0, 0.05) is 37.1 Å². The molecule has 0 bridgehead atoms. The molecule has 2 aromatic carbocycles. The smallest absolute Gasteiger partial charge is 0.251 e. The number of nitrogens with one attached hydrogen (secondary N) is 2. The van der Waals surface area contributed by atoms with E-state index in [1.165, 1.54) is 11.1 Å². The van der Waals surface area contributed by atoms with Crippen LogP contribution in [0.5, 0.6) is 0 Å². The minimum atomic E-state index is -0.0497. The van der Waals surface area contributed by atoms with Crippen molar-refractivity contribution in [1.29, 1.82) is 0 Å². The van der Waals surface area contributed by atoms with Crippen molar-refractivity contribution in [3.05, 3.63) is 101 Å². The highest BCUT2D eigenvalue weighted by molar-refractivity contribution is 5.94. The van der Waals surface area contributed by atoms with Crippen LogP contribution in [0.25, 0.3) is 0 Å². The highest BCUT2D eigenvalue weighted by Gasteiger charge is 2.07. The molecule has 2 amide bonds. The summed E-state index contributed by atoms with van der Waals surface area (Å²) in [7, 11) is 1.64. The number of pyridine rings is 1. The first-order chi connectivity index (χ1) is 15.3. The second kappa shape index (κ2) is 12.4. The molecule has 0 aliphatic carbocycles. The number of carbonyl (C=O) groups excluding carboxylic acids is 2. The van der Waals surface area contributed by atoms with Gasteiger partial charge >= 0.3 is 0 Å². The molecule has 5 heteroatoms. The lowest BCUT2D eigenvalue weighted by atomic mass is 10.0. The van der Waals surface area contributed by atoms with Gasteiger partial charge in [0.1, 0.15) is 0 Å². The van der Waals surface area contributed by atoms with Gasteiger partial charge in [-0.1, -0.05) is 58.0 Å². The van der Waals surface area contributed by atoms with Crippen LogP contribution < -0.4 is 10.6 Å². The predicted octanol–water partition coefficient (Wildman–Crippen LogP) is 5.30. The van der Waals surface area contributed by atoms with Gasteiger partial charge in [0.25, 0.3) is 11.8 Å². The zero-order valence-corrected chi connectivity index (χ0v) is 19.6. The quantitative estimate of drug-likeness (QED) is 0.556. The van der Waals surface area contributed by atoms with Crippen molar-refractivity contribution in [1.82, 2.24) is 15.6 Å². The molecule has 0 radical (unpaired) electrons. The summed E-state index contributed by atoms with van der Waals surface area (Å²) in [5.41, 5.74) is 4.80. The normalized spacial score (nSPS) is 10.3. The average molecular weight is 432 g/mol. The van der Waals surface area contributed by atoms with Gasteiger partial charge in [0.05, 0.1) is 0 Å². The van der Waals surface area contributed by atoms with Crippen LogP contribution in [0.4, 0.5) is 0 Å². The second-order valence-electron chi connectivity index (χ2n) is 8.18. The largest absolute Gasteiger partial charge is 0.355 e. The lowest BCUT2D eigenvalue weighted by molar-refractivity contribution is 0.0946. The fourth-order valence-electron chi connectivity index (χ4n) is 3.01. The first-order valence-corrected chi connectivity index (χ1v) is 10.9. The number of hydrogen-bond acceptors (Lipinski definition) is 3. The van der Waals surface area contributed by atoms with E-state index in [2.05, 4.69) is 43.3 Å². The van der Waals surface area contributed by atoms with Crippen LogP contribution in [-0.4, -0.2) is 23.8 Å². The summed E-state index contributed by atoms with van der Waals surface area (Å²) in [6, 6.07) is 19.3. The molecule has 1 heterocycles. The summed E-state index contributed by atoms with van der Waals surface area (Å²) >= 11 is 0. The van der Waals surface area contributed by atoms with Gasteiger partial charge in [-0.15, -0.1) is 0 Å². The fourth-order valence-corrected chi connectivity index (χ4v) is 3.01. The van der Waals surface area contributed by atoms with Gasteiger partial charge in [0.15, 0.2) is 0 Å². The number of amides is 2. The molecule has 0 spiro atoms. The molecule has 3 aromatic rings. The summed E-state index contributed by atoms with van der Waals surface area (Å²) in [6.45, 7) is 8.96. The van der Waals surface area contributed by atoms with Crippen molar-refractivity contribution in [3.8, 4) is 0 Å². The minimum absolute atomic E-state index is 0.0255. The van der Waals surface area contributed by atoms with Gasteiger partial charge in [0.2, 0.25) is 0 Å². The van der Waals surface area contributed by atoms with E-state index in [-0.39, 0.29) is 11.8 Å². The van der Waals surface area contributed by atoms with Crippen LogP contribution in [0.15, 0.2) is 73.1 Å². The van der Waals surface area contributed by atoms with E-state index in [9.17, 15) is 9.59 Å². The molecule has 0 unspecified atom stereocenters. The molecule has 0 aliphatic rings. The number of nitrogens with zero attached hydrogens (tertiary/aromatic N) is 1. The number of rotatable bonds is 6. The van der Waals surface area contributed by atoms with Gasteiger partial charge in [-0.05, 0) is 58.9 Å². The highest BCUT2D eigenvalue weighted by atomic mass is 16.2. The van der Waals surface area contributed by atoms with Crippen LogP contribution >= 0.6 is 0 Å². The van der Waals surface area contributed by atoms with Crippen LogP contribution in [0.2, 0.25) is 0 Å². The third kappa shape index (κ3) is 7.65. The lowest BCUT2D eigenvalue weighted by Gasteiger charge is -2.09. The molecule has 32 heavy (non-hydrogen) atoms. The first kappa shape index (κ1) is 24.8. The standard InChI is InChI=1S/C16H18N2O.C11H15NO/c1-12(2)14-6-3-7-15(9-14)16(19)18-11-13-5-4-8-17-10-13;1-8(2)9-5-4-6-10(7-9)11(13)12-3/h3-10,12H,11H2,1-2H3,(H,18,19);4-8H,1-3H3,(H,12,13). The van der Waals surface area contributed by atoms with E-state index in [4.69, 9.17) is 0 Å². The summed E-state index contributed by atoms with van der Waals surface area (Å²) in [4.78, 5) is 27.4. The number of aromatic nitrogens is 1. The van der Waals surface area contributed by atoms with Crippen molar-refractivity contribution >= 4 is 11.8 Å². The van der Waals surface area contributed by atoms with E-state index >= 15 is 0 Å². The zero-order valence-electron chi connectivity index (χ0n) is 19.6. The molecule has 2 N–H and O–H groups in total. The summed E-state index contributed by atoms with van der Waals surface area (Å²) in [6.07, 6.45) is 3.47. The Labute approximate surface area is 191 Å². The zero-order chi connectivity index (χ0) is 23.5. The SMILES string of the molecule is CC(C)c1cccc(C(=O)NCc2cccnc2)c1.CNC(=O)c1cccc(C(C)C)c1.